The molecule has 0 saturated heterocycles. The number of aryl methyl sites for hydroxylation is 1. The average molecular weight is 405 g/mol. The molecule has 0 saturated carbocycles. The van der Waals surface area contributed by atoms with Gasteiger partial charge in [-0.3, -0.25) is 10.1 Å². The summed E-state index contributed by atoms with van der Waals surface area (Å²) in [4.78, 5) is 17.0. The van der Waals surface area contributed by atoms with Crippen LogP contribution in [0, 0.1) is 6.92 Å². The first-order valence-corrected chi connectivity index (χ1v) is 10.1. The smallest absolute Gasteiger partial charge is 0.209 e. The van der Waals surface area contributed by atoms with Gasteiger partial charge in [0.1, 0.15) is 18.5 Å². The Hall–Kier alpha value is -3.15. The highest BCUT2D eigenvalue weighted by Crippen LogP contribution is 2.18. The van der Waals surface area contributed by atoms with Crippen LogP contribution in [0.1, 0.15) is 40.5 Å². The standard InChI is InChI=1S/C25H27NO4/c1-3-22(18-29-28)30-23-9-4-7-20(17-23)8-5-15-26-16-6-10-24(26)25(27)21-13-11-19(2)12-14-21/h4-14,16-17,22,28H,3,15,18H2,1-2H3/b8-5+/t22-/m0/s1. The number of carbonyl (C=O) groups is 1. The van der Waals surface area contributed by atoms with Gasteiger partial charge in [-0.05, 0) is 43.2 Å². The maximum absolute atomic E-state index is 12.8. The molecule has 5 nitrogen and oxygen atoms in total. The van der Waals surface area contributed by atoms with Crippen LogP contribution in [-0.2, 0) is 11.4 Å². The van der Waals surface area contributed by atoms with Crippen molar-refractivity contribution >= 4 is 11.9 Å². The van der Waals surface area contributed by atoms with Crippen molar-refractivity contribution < 1.29 is 19.7 Å². The fourth-order valence-electron chi connectivity index (χ4n) is 3.14. The lowest BCUT2D eigenvalue weighted by atomic mass is 10.1. The normalized spacial score (nSPS) is 12.2. The van der Waals surface area contributed by atoms with Crippen LogP contribution < -0.4 is 4.74 Å². The van der Waals surface area contributed by atoms with Crippen LogP contribution in [0.2, 0.25) is 0 Å². The van der Waals surface area contributed by atoms with Gasteiger partial charge in [-0.15, -0.1) is 0 Å². The van der Waals surface area contributed by atoms with Crippen molar-refractivity contribution in [2.75, 3.05) is 6.61 Å². The molecule has 0 bridgehead atoms. The molecular weight excluding hydrogens is 378 g/mol. The van der Waals surface area contributed by atoms with Crippen molar-refractivity contribution in [1.29, 1.82) is 0 Å². The Labute approximate surface area is 177 Å². The number of rotatable bonds is 10. The molecular formula is C25H27NO4. The summed E-state index contributed by atoms with van der Waals surface area (Å²) < 4.78 is 7.77. The molecule has 0 aliphatic heterocycles. The van der Waals surface area contributed by atoms with E-state index >= 15 is 0 Å². The molecule has 3 aromatic rings. The first-order chi connectivity index (χ1) is 14.6. The topological polar surface area (TPSA) is 60.7 Å². The highest BCUT2D eigenvalue weighted by Gasteiger charge is 2.12. The number of hydrogen-bond acceptors (Lipinski definition) is 4. The number of ketones is 1. The lowest BCUT2D eigenvalue weighted by Crippen LogP contribution is -2.21. The van der Waals surface area contributed by atoms with Gasteiger partial charge in [-0.25, -0.2) is 4.89 Å². The van der Waals surface area contributed by atoms with Crippen molar-refractivity contribution in [3.8, 4) is 5.75 Å². The van der Waals surface area contributed by atoms with E-state index in [0.29, 0.717) is 17.8 Å². The SMILES string of the molecule is CC[C@@H](COO)Oc1cccc(/C=C/Cn2cccc2C(=O)c2ccc(C)cc2)c1. The molecule has 156 valence electrons. The van der Waals surface area contributed by atoms with Crippen molar-refractivity contribution in [3.63, 3.8) is 0 Å². The molecule has 5 heteroatoms. The van der Waals surface area contributed by atoms with Gasteiger partial charge >= 0.3 is 0 Å². The van der Waals surface area contributed by atoms with E-state index in [9.17, 15) is 4.79 Å². The highest BCUT2D eigenvalue weighted by atomic mass is 17.1. The number of ether oxygens (including phenoxy) is 1. The van der Waals surface area contributed by atoms with Crippen LogP contribution in [0.3, 0.4) is 0 Å². The third-order valence-electron chi connectivity index (χ3n) is 4.86. The summed E-state index contributed by atoms with van der Waals surface area (Å²) in [5.41, 5.74) is 3.47. The van der Waals surface area contributed by atoms with Crippen LogP contribution in [0.15, 0.2) is 72.9 Å². The van der Waals surface area contributed by atoms with Crippen molar-refractivity contribution in [2.45, 2.75) is 32.9 Å². The number of nitrogens with zero attached hydrogens (tertiary/aromatic N) is 1. The first kappa shape index (κ1) is 21.6. The van der Waals surface area contributed by atoms with Gasteiger partial charge in [0, 0.05) is 18.3 Å². The fourth-order valence-corrected chi connectivity index (χ4v) is 3.14. The Morgan fingerprint density at radius 2 is 1.93 bits per heavy atom. The molecule has 1 aromatic heterocycles. The molecule has 0 spiro atoms. The summed E-state index contributed by atoms with van der Waals surface area (Å²) in [5.74, 6) is 0.734. The minimum absolute atomic E-state index is 0.0144. The van der Waals surface area contributed by atoms with Gasteiger partial charge in [0.15, 0.2) is 0 Å². The Morgan fingerprint density at radius 1 is 1.13 bits per heavy atom. The van der Waals surface area contributed by atoms with Crippen molar-refractivity contribution in [2.24, 2.45) is 0 Å². The maximum Gasteiger partial charge on any atom is 0.209 e. The summed E-state index contributed by atoms with van der Waals surface area (Å²) in [6, 6.07) is 19.1. The molecule has 0 aliphatic carbocycles. The number of hydrogen-bond donors (Lipinski definition) is 1. The summed E-state index contributed by atoms with van der Waals surface area (Å²) in [7, 11) is 0. The molecule has 3 rings (SSSR count). The lowest BCUT2D eigenvalue weighted by Gasteiger charge is -2.16. The van der Waals surface area contributed by atoms with E-state index in [4.69, 9.17) is 9.99 Å². The number of allylic oxidation sites excluding steroid dienone is 1. The molecule has 1 atom stereocenters. The van der Waals surface area contributed by atoms with Crippen LogP contribution in [-0.4, -0.2) is 28.3 Å². The summed E-state index contributed by atoms with van der Waals surface area (Å²) in [5, 5.41) is 8.64. The second kappa shape index (κ2) is 10.6. The Morgan fingerprint density at radius 3 is 2.67 bits per heavy atom. The van der Waals surface area contributed by atoms with Crippen LogP contribution in [0.25, 0.3) is 6.08 Å². The van der Waals surface area contributed by atoms with Crippen molar-refractivity contribution in [1.82, 2.24) is 4.57 Å². The number of aromatic nitrogens is 1. The monoisotopic (exact) mass is 405 g/mol. The zero-order chi connectivity index (χ0) is 21.3. The summed E-state index contributed by atoms with van der Waals surface area (Å²) >= 11 is 0. The van der Waals surface area contributed by atoms with E-state index in [1.807, 2.05) is 97.4 Å². The first-order valence-electron chi connectivity index (χ1n) is 10.1. The minimum atomic E-state index is -0.204. The van der Waals surface area contributed by atoms with Crippen LogP contribution in [0.4, 0.5) is 0 Å². The lowest BCUT2D eigenvalue weighted by molar-refractivity contribution is -0.254. The van der Waals surface area contributed by atoms with Crippen LogP contribution in [0.5, 0.6) is 5.75 Å². The van der Waals surface area contributed by atoms with Gasteiger partial charge in [0.2, 0.25) is 5.78 Å². The quantitative estimate of drug-likeness (QED) is 0.279. The van der Waals surface area contributed by atoms with Gasteiger partial charge in [0.05, 0.1) is 5.69 Å². The molecule has 2 aromatic carbocycles. The average Bonchev–Trinajstić information content (AvgIpc) is 3.22. The molecule has 0 unspecified atom stereocenters. The third-order valence-corrected chi connectivity index (χ3v) is 4.86. The maximum atomic E-state index is 12.8. The molecule has 0 fully saturated rings. The van der Waals surface area contributed by atoms with Gasteiger partial charge in [0.25, 0.3) is 0 Å². The minimum Gasteiger partial charge on any atom is -0.488 e. The number of carbonyl (C=O) groups excluding carboxylic acids is 1. The largest absolute Gasteiger partial charge is 0.488 e. The predicted octanol–water partition coefficient (Wildman–Crippen LogP) is 5.39. The highest BCUT2D eigenvalue weighted by molar-refractivity contribution is 6.08. The van der Waals surface area contributed by atoms with E-state index in [1.54, 1.807) is 0 Å². The van der Waals surface area contributed by atoms with E-state index in [1.165, 1.54) is 0 Å². The van der Waals surface area contributed by atoms with E-state index < -0.39 is 0 Å². The molecule has 0 aliphatic rings. The van der Waals surface area contributed by atoms with Crippen LogP contribution >= 0.6 is 0 Å². The molecule has 1 N–H and O–H groups in total. The zero-order valence-electron chi connectivity index (χ0n) is 17.3. The molecule has 1 heterocycles. The molecule has 30 heavy (non-hydrogen) atoms. The zero-order valence-corrected chi connectivity index (χ0v) is 17.3. The Kier molecular flexibility index (Phi) is 7.60. The van der Waals surface area contributed by atoms with Crippen molar-refractivity contribution in [3.05, 3.63) is 95.3 Å². The number of benzene rings is 2. The van der Waals surface area contributed by atoms with Gasteiger partial charge < -0.3 is 9.30 Å². The van der Waals surface area contributed by atoms with Gasteiger partial charge in [-0.1, -0.05) is 61.0 Å². The fraction of sp³-hybridized carbons (Fsp3) is 0.240. The summed E-state index contributed by atoms with van der Waals surface area (Å²) in [6.07, 6.45) is 6.44. The van der Waals surface area contributed by atoms with E-state index in [0.717, 1.165) is 23.3 Å². The van der Waals surface area contributed by atoms with Gasteiger partial charge in [-0.2, -0.15) is 0 Å². The second-order valence-corrected chi connectivity index (χ2v) is 7.16. The summed E-state index contributed by atoms with van der Waals surface area (Å²) in [6.45, 7) is 4.69. The second-order valence-electron chi connectivity index (χ2n) is 7.16. The molecule has 0 radical (unpaired) electrons. The van der Waals surface area contributed by atoms with E-state index in [2.05, 4.69) is 4.89 Å². The third kappa shape index (κ3) is 5.69. The predicted molar refractivity (Wildman–Crippen MR) is 118 cm³/mol. The Balaban J connectivity index is 1.67. The molecule has 0 amide bonds. The van der Waals surface area contributed by atoms with E-state index in [-0.39, 0.29) is 18.5 Å². The Bertz CT molecular complexity index is 988.